The Morgan fingerprint density at radius 1 is 1.50 bits per heavy atom. The predicted octanol–water partition coefficient (Wildman–Crippen LogP) is 2.34. The first-order valence-electron chi connectivity index (χ1n) is 5.62. The molecule has 1 saturated heterocycles. The van der Waals surface area contributed by atoms with Crippen LogP contribution >= 0.6 is 15.9 Å². The molecule has 0 saturated carbocycles. The molecule has 1 aliphatic rings. The van der Waals surface area contributed by atoms with Crippen molar-refractivity contribution < 1.29 is 0 Å². The molecule has 0 radical (unpaired) electrons. The minimum Gasteiger partial charge on any atom is -0.348 e. The van der Waals surface area contributed by atoms with Crippen LogP contribution in [0.15, 0.2) is 16.7 Å². The number of anilines is 1. The van der Waals surface area contributed by atoms with Crippen molar-refractivity contribution in [3.05, 3.63) is 22.3 Å². The molecule has 3 nitrogen and oxygen atoms in total. The van der Waals surface area contributed by atoms with E-state index in [0.717, 1.165) is 29.9 Å². The second-order valence-electron chi connectivity index (χ2n) is 4.91. The number of hydrogen-bond acceptors (Lipinski definition) is 3. The second-order valence-corrected chi connectivity index (χ2v) is 5.70. The summed E-state index contributed by atoms with van der Waals surface area (Å²) in [5, 5.41) is 3.42. The molecule has 1 aromatic rings. The topological polar surface area (TPSA) is 28.2 Å². The van der Waals surface area contributed by atoms with Crippen LogP contribution in [-0.4, -0.2) is 30.2 Å². The van der Waals surface area contributed by atoms with E-state index in [4.69, 9.17) is 0 Å². The van der Waals surface area contributed by atoms with E-state index in [0.29, 0.717) is 0 Å². The predicted molar refractivity (Wildman–Crippen MR) is 71.0 cm³/mol. The van der Waals surface area contributed by atoms with Crippen LogP contribution in [0, 0.1) is 6.92 Å². The van der Waals surface area contributed by atoms with Gasteiger partial charge >= 0.3 is 0 Å². The Morgan fingerprint density at radius 3 is 2.94 bits per heavy atom. The number of pyridine rings is 1. The molecule has 88 valence electrons. The summed E-state index contributed by atoms with van der Waals surface area (Å²) < 4.78 is 1.12. The molecule has 1 aromatic heterocycles. The maximum absolute atomic E-state index is 4.51. The summed E-state index contributed by atoms with van der Waals surface area (Å²) in [5.74, 6) is 1.06. The largest absolute Gasteiger partial charge is 0.348 e. The van der Waals surface area contributed by atoms with Crippen LogP contribution in [0.3, 0.4) is 0 Å². The van der Waals surface area contributed by atoms with Gasteiger partial charge in [-0.25, -0.2) is 4.98 Å². The lowest BCUT2D eigenvalue weighted by Gasteiger charge is -2.44. The van der Waals surface area contributed by atoms with Crippen LogP contribution in [-0.2, 0) is 0 Å². The Labute approximate surface area is 105 Å². The zero-order chi connectivity index (χ0) is 11.8. The average molecular weight is 284 g/mol. The third-order valence-electron chi connectivity index (χ3n) is 3.12. The van der Waals surface area contributed by atoms with Crippen molar-refractivity contribution in [1.82, 2.24) is 10.3 Å². The van der Waals surface area contributed by atoms with E-state index in [1.54, 1.807) is 0 Å². The van der Waals surface area contributed by atoms with E-state index in [9.17, 15) is 0 Å². The second kappa shape index (κ2) is 4.34. The number of piperazine rings is 1. The molecular formula is C12H18BrN3. The molecule has 4 heteroatoms. The number of aryl methyl sites for hydroxylation is 1. The number of nitrogens with one attached hydrogen (secondary N) is 1. The molecule has 1 aliphatic heterocycles. The monoisotopic (exact) mass is 283 g/mol. The lowest BCUT2D eigenvalue weighted by molar-refractivity contribution is 0.377. The fourth-order valence-electron chi connectivity index (χ4n) is 2.09. The minimum absolute atomic E-state index is 0.113. The Bertz CT molecular complexity index is 390. The summed E-state index contributed by atoms with van der Waals surface area (Å²) in [6.45, 7) is 9.61. The van der Waals surface area contributed by atoms with E-state index in [-0.39, 0.29) is 5.54 Å². The molecule has 0 bridgehead atoms. The van der Waals surface area contributed by atoms with Gasteiger partial charge in [0.05, 0.1) is 4.47 Å². The molecular weight excluding hydrogens is 266 g/mol. The Kier molecular flexibility index (Phi) is 3.22. The van der Waals surface area contributed by atoms with E-state index in [1.165, 1.54) is 5.56 Å². The summed E-state index contributed by atoms with van der Waals surface area (Å²) in [7, 11) is 0. The third kappa shape index (κ3) is 2.09. The first-order chi connectivity index (χ1) is 7.52. The standard InChI is InChI=1S/C12H18BrN3/c1-9-4-5-15-11(10(9)13)16-7-6-14-8-12(16,2)3/h4-5,14H,6-8H2,1-3H3. The number of rotatable bonds is 1. The van der Waals surface area contributed by atoms with Gasteiger partial charge in [0.2, 0.25) is 0 Å². The van der Waals surface area contributed by atoms with Gasteiger partial charge in [0.15, 0.2) is 0 Å². The first-order valence-corrected chi connectivity index (χ1v) is 6.41. The zero-order valence-electron chi connectivity index (χ0n) is 10.0. The van der Waals surface area contributed by atoms with Gasteiger partial charge in [-0.1, -0.05) is 0 Å². The quantitative estimate of drug-likeness (QED) is 0.858. The summed E-state index contributed by atoms with van der Waals surface area (Å²) in [6.07, 6.45) is 1.88. The summed E-state index contributed by atoms with van der Waals surface area (Å²) in [6, 6.07) is 2.03. The van der Waals surface area contributed by atoms with E-state index < -0.39 is 0 Å². The van der Waals surface area contributed by atoms with Gasteiger partial charge in [-0.05, 0) is 48.3 Å². The molecule has 1 N–H and O–H groups in total. The zero-order valence-corrected chi connectivity index (χ0v) is 11.6. The molecule has 2 rings (SSSR count). The highest BCUT2D eigenvalue weighted by Crippen LogP contribution is 2.31. The van der Waals surface area contributed by atoms with Crippen molar-refractivity contribution >= 4 is 21.7 Å². The number of aromatic nitrogens is 1. The van der Waals surface area contributed by atoms with Crippen LogP contribution in [0.5, 0.6) is 0 Å². The average Bonchev–Trinajstić information content (AvgIpc) is 2.22. The lowest BCUT2D eigenvalue weighted by atomic mass is 10.00. The molecule has 0 aliphatic carbocycles. The van der Waals surface area contributed by atoms with Gasteiger partial charge in [0.1, 0.15) is 5.82 Å². The van der Waals surface area contributed by atoms with Crippen molar-refractivity contribution in [1.29, 1.82) is 0 Å². The van der Waals surface area contributed by atoms with Gasteiger partial charge in [0.25, 0.3) is 0 Å². The van der Waals surface area contributed by atoms with Gasteiger partial charge in [0, 0.05) is 31.4 Å². The number of nitrogens with zero attached hydrogens (tertiary/aromatic N) is 2. The molecule has 0 spiro atoms. The highest BCUT2D eigenvalue weighted by Gasteiger charge is 2.31. The van der Waals surface area contributed by atoms with E-state index in [2.05, 4.69) is 51.9 Å². The summed E-state index contributed by atoms with van der Waals surface area (Å²) in [4.78, 5) is 6.89. The molecule has 2 heterocycles. The van der Waals surface area contributed by atoms with Crippen molar-refractivity contribution in [2.45, 2.75) is 26.3 Å². The van der Waals surface area contributed by atoms with E-state index in [1.807, 2.05) is 12.3 Å². The molecule has 0 aromatic carbocycles. The maximum Gasteiger partial charge on any atom is 0.143 e. The fourth-order valence-corrected chi connectivity index (χ4v) is 2.54. The van der Waals surface area contributed by atoms with Crippen molar-refractivity contribution in [2.75, 3.05) is 24.5 Å². The minimum atomic E-state index is 0.113. The molecule has 0 unspecified atom stereocenters. The van der Waals surface area contributed by atoms with Crippen LogP contribution in [0.2, 0.25) is 0 Å². The first kappa shape index (κ1) is 11.9. The maximum atomic E-state index is 4.51. The summed E-state index contributed by atoms with van der Waals surface area (Å²) in [5.41, 5.74) is 1.35. The number of halogens is 1. The van der Waals surface area contributed by atoms with Crippen molar-refractivity contribution in [3.63, 3.8) is 0 Å². The van der Waals surface area contributed by atoms with Crippen LogP contribution in [0.4, 0.5) is 5.82 Å². The third-order valence-corrected chi connectivity index (χ3v) is 4.10. The molecule has 1 fully saturated rings. The number of hydrogen-bond donors (Lipinski definition) is 1. The SMILES string of the molecule is Cc1ccnc(N2CCNCC2(C)C)c1Br. The van der Waals surface area contributed by atoms with Crippen molar-refractivity contribution in [3.8, 4) is 0 Å². The van der Waals surface area contributed by atoms with Crippen LogP contribution in [0.25, 0.3) is 0 Å². The lowest BCUT2D eigenvalue weighted by Crippen LogP contribution is -2.58. The van der Waals surface area contributed by atoms with Gasteiger partial charge in [-0.2, -0.15) is 0 Å². The fraction of sp³-hybridized carbons (Fsp3) is 0.583. The Hall–Kier alpha value is -0.610. The van der Waals surface area contributed by atoms with Gasteiger partial charge < -0.3 is 10.2 Å². The molecule has 16 heavy (non-hydrogen) atoms. The van der Waals surface area contributed by atoms with Crippen LogP contribution < -0.4 is 10.2 Å². The Morgan fingerprint density at radius 2 is 2.25 bits per heavy atom. The molecule has 0 amide bonds. The van der Waals surface area contributed by atoms with Crippen molar-refractivity contribution in [2.24, 2.45) is 0 Å². The highest BCUT2D eigenvalue weighted by molar-refractivity contribution is 9.10. The highest BCUT2D eigenvalue weighted by atomic mass is 79.9. The molecule has 0 atom stereocenters. The van der Waals surface area contributed by atoms with Crippen LogP contribution in [0.1, 0.15) is 19.4 Å². The summed E-state index contributed by atoms with van der Waals surface area (Å²) >= 11 is 3.64. The van der Waals surface area contributed by atoms with Gasteiger partial charge in [-0.3, -0.25) is 0 Å². The van der Waals surface area contributed by atoms with Gasteiger partial charge in [-0.15, -0.1) is 0 Å². The van der Waals surface area contributed by atoms with E-state index >= 15 is 0 Å². The smallest absolute Gasteiger partial charge is 0.143 e. The normalized spacial score (nSPS) is 19.9. The Balaban J connectivity index is 2.39.